The van der Waals surface area contributed by atoms with Gasteiger partial charge < -0.3 is 4.74 Å². The maximum Gasteiger partial charge on any atom is 0.512 e. The number of esters is 1. The van der Waals surface area contributed by atoms with Crippen LogP contribution in [0.4, 0.5) is 0 Å². The molecule has 0 aliphatic heterocycles. The quantitative estimate of drug-likeness (QED) is 0.147. The number of nitro groups is 2. The van der Waals surface area contributed by atoms with Crippen LogP contribution in [0.15, 0.2) is 36.4 Å². The second-order valence-corrected chi connectivity index (χ2v) is 3.73. The van der Waals surface area contributed by atoms with Crippen molar-refractivity contribution in [3.05, 3.63) is 62.2 Å². The van der Waals surface area contributed by atoms with E-state index in [-0.39, 0.29) is 5.75 Å². The molecule has 1 rings (SSSR count). The van der Waals surface area contributed by atoms with E-state index < -0.39 is 33.3 Å². The number of ketones is 1. The molecule has 9 nitrogen and oxygen atoms in total. The highest BCUT2D eigenvalue weighted by Crippen LogP contribution is 2.21. The average molecular weight is 294 g/mol. The number of allylic oxidation sites excluding steroid dienone is 1. The molecule has 0 fully saturated rings. The summed E-state index contributed by atoms with van der Waals surface area (Å²) >= 11 is 0. The Hall–Kier alpha value is -3.10. The second-order valence-electron chi connectivity index (χ2n) is 3.73. The van der Waals surface area contributed by atoms with E-state index in [9.17, 15) is 29.8 Å². The van der Waals surface area contributed by atoms with Crippen LogP contribution in [-0.4, -0.2) is 27.8 Å². The molecule has 0 amide bonds. The highest BCUT2D eigenvalue weighted by molar-refractivity contribution is 6.01. The van der Waals surface area contributed by atoms with Gasteiger partial charge in [-0.05, 0) is 19.1 Å². The van der Waals surface area contributed by atoms with E-state index in [2.05, 4.69) is 0 Å². The van der Waals surface area contributed by atoms with Crippen LogP contribution >= 0.6 is 0 Å². The van der Waals surface area contributed by atoms with Gasteiger partial charge >= 0.3 is 17.9 Å². The first-order valence-corrected chi connectivity index (χ1v) is 5.63. The maximum absolute atomic E-state index is 11.9. The molecule has 9 heteroatoms. The van der Waals surface area contributed by atoms with E-state index in [0.29, 0.717) is 0 Å². The van der Waals surface area contributed by atoms with E-state index in [4.69, 9.17) is 4.74 Å². The van der Waals surface area contributed by atoms with Crippen molar-refractivity contribution in [3.63, 3.8) is 0 Å². The smallest absolute Gasteiger partial charge is 0.423 e. The third-order valence-corrected chi connectivity index (χ3v) is 2.30. The van der Waals surface area contributed by atoms with Crippen LogP contribution in [0.1, 0.15) is 17.3 Å². The molecule has 0 spiro atoms. The zero-order chi connectivity index (χ0) is 16.0. The van der Waals surface area contributed by atoms with E-state index in [1.165, 1.54) is 24.3 Å². The van der Waals surface area contributed by atoms with Crippen LogP contribution in [0.3, 0.4) is 0 Å². The van der Waals surface area contributed by atoms with Crippen molar-refractivity contribution in [2.24, 2.45) is 0 Å². The normalized spacial score (nSPS) is 10.6. The Labute approximate surface area is 118 Å². The van der Waals surface area contributed by atoms with Crippen molar-refractivity contribution in [3.8, 4) is 5.75 Å². The number of rotatable bonds is 6. The van der Waals surface area contributed by atoms with Gasteiger partial charge in [-0.2, -0.15) is 0 Å². The Morgan fingerprint density at radius 2 is 1.76 bits per heavy atom. The Kier molecular flexibility index (Phi) is 5.24. The summed E-state index contributed by atoms with van der Waals surface area (Å²) < 4.78 is 4.82. The summed E-state index contributed by atoms with van der Waals surface area (Å²) in [5, 5.41) is 21.2. The average Bonchev–Trinajstić information content (AvgIpc) is 2.38. The van der Waals surface area contributed by atoms with Gasteiger partial charge in [-0.15, -0.1) is 0 Å². The molecule has 0 saturated carbocycles. The first kappa shape index (κ1) is 16.0. The minimum Gasteiger partial charge on any atom is -0.423 e. The SMILES string of the molecule is C/C=C/C(=O)Oc1ccccc1C(=O)C([N+](=O)[O-])[N+](=O)[O-]. The van der Waals surface area contributed by atoms with Gasteiger partial charge in [0.25, 0.3) is 0 Å². The van der Waals surface area contributed by atoms with Gasteiger partial charge in [0.2, 0.25) is 0 Å². The lowest BCUT2D eigenvalue weighted by atomic mass is 10.1. The molecule has 0 aromatic heterocycles. The van der Waals surface area contributed by atoms with Gasteiger partial charge in [-0.3, -0.25) is 25.0 Å². The van der Waals surface area contributed by atoms with Crippen molar-refractivity contribution < 1.29 is 24.2 Å². The predicted molar refractivity (Wildman–Crippen MR) is 69.0 cm³/mol. The summed E-state index contributed by atoms with van der Waals surface area (Å²) in [7, 11) is 0. The van der Waals surface area contributed by atoms with Crippen LogP contribution in [0.2, 0.25) is 0 Å². The summed E-state index contributed by atoms with van der Waals surface area (Å²) in [5.74, 6) is -2.45. The molecule has 0 unspecified atom stereocenters. The van der Waals surface area contributed by atoms with Crippen molar-refractivity contribution in [1.82, 2.24) is 0 Å². The third kappa shape index (κ3) is 3.93. The number of carbonyl (C=O) groups excluding carboxylic acids is 2. The van der Waals surface area contributed by atoms with Gasteiger partial charge in [0.15, 0.2) is 0 Å². The second kappa shape index (κ2) is 6.89. The maximum atomic E-state index is 11.9. The fourth-order valence-corrected chi connectivity index (χ4v) is 1.45. The number of ether oxygens (including phenoxy) is 1. The Balaban J connectivity index is 3.18. The topological polar surface area (TPSA) is 130 Å². The Bertz CT molecular complexity index is 610. The van der Waals surface area contributed by atoms with E-state index in [1.54, 1.807) is 6.92 Å². The first-order valence-electron chi connectivity index (χ1n) is 5.63. The van der Waals surface area contributed by atoms with Crippen LogP contribution in [0.5, 0.6) is 5.75 Å². The fourth-order valence-electron chi connectivity index (χ4n) is 1.45. The minimum atomic E-state index is -2.65. The number of hydrogen-bond acceptors (Lipinski definition) is 7. The van der Waals surface area contributed by atoms with Gasteiger partial charge in [0.05, 0.1) is 5.56 Å². The van der Waals surface area contributed by atoms with Crippen LogP contribution < -0.4 is 4.74 Å². The highest BCUT2D eigenvalue weighted by Gasteiger charge is 2.43. The van der Waals surface area contributed by atoms with Crippen molar-refractivity contribution in [2.75, 3.05) is 0 Å². The predicted octanol–water partition coefficient (Wildman–Crippen LogP) is 1.23. The summed E-state index contributed by atoms with van der Waals surface area (Å²) in [5.41, 5.74) is -0.409. The van der Waals surface area contributed by atoms with Crippen LogP contribution in [0, 0.1) is 20.2 Å². The third-order valence-electron chi connectivity index (χ3n) is 2.30. The standard InChI is InChI=1S/C12H10N2O7/c1-2-5-10(15)21-9-7-4-3-6-8(9)11(16)12(13(17)18)14(19)20/h2-7,12H,1H3/b5-2+. The lowest BCUT2D eigenvalue weighted by molar-refractivity contribution is -0.721. The summed E-state index contributed by atoms with van der Waals surface area (Å²) in [6.07, 6.45) is -0.185. The highest BCUT2D eigenvalue weighted by atomic mass is 16.7. The molecule has 0 N–H and O–H groups in total. The fraction of sp³-hybridized carbons (Fsp3) is 0.167. The van der Waals surface area contributed by atoms with E-state index in [0.717, 1.165) is 12.1 Å². The van der Waals surface area contributed by atoms with Gasteiger partial charge in [0.1, 0.15) is 15.6 Å². The summed E-state index contributed by atoms with van der Waals surface area (Å²) in [6.45, 7) is 1.56. The molecule has 0 radical (unpaired) electrons. The van der Waals surface area contributed by atoms with E-state index >= 15 is 0 Å². The monoisotopic (exact) mass is 294 g/mol. The molecule has 0 aliphatic rings. The van der Waals surface area contributed by atoms with Gasteiger partial charge in [-0.25, -0.2) is 4.79 Å². The van der Waals surface area contributed by atoms with Gasteiger partial charge in [0, 0.05) is 6.08 Å². The van der Waals surface area contributed by atoms with Crippen molar-refractivity contribution in [2.45, 2.75) is 13.1 Å². The Morgan fingerprint density at radius 1 is 1.19 bits per heavy atom. The van der Waals surface area contributed by atoms with E-state index in [1.807, 2.05) is 0 Å². The molecule has 0 bridgehead atoms. The number of carbonyl (C=O) groups is 2. The van der Waals surface area contributed by atoms with Crippen molar-refractivity contribution in [1.29, 1.82) is 0 Å². The largest absolute Gasteiger partial charge is 0.512 e. The molecule has 110 valence electrons. The van der Waals surface area contributed by atoms with Gasteiger partial charge in [-0.1, -0.05) is 18.2 Å². The zero-order valence-corrected chi connectivity index (χ0v) is 10.8. The van der Waals surface area contributed by atoms with Crippen LogP contribution in [0.25, 0.3) is 0 Å². The van der Waals surface area contributed by atoms with Crippen molar-refractivity contribution >= 4 is 11.8 Å². The molecule has 1 aromatic carbocycles. The first-order chi connectivity index (χ1) is 9.88. The molecule has 21 heavy (non-hydrogen) atoms. The lowest BCUT2D eigenvalue weighted by Gasteiger charge is -2.07. The zero-order valence-electron chi connectivity index (χ0n) is 10.8. The number of benzene rings is 1. The lowest BCUT2D eigenvalue weighted by Crippen LogP contribution is -2.37. The summed E-state index contributed by atoms with van der Waals surface area (Å²) in [6, 6.07) is 5.09. The minimum absolute atomic E-state index is 0.278. The molecule has 0 heterocycles. The molecule has 0 saturated heterocycles. The summed E-state index contributed by atoms with van der Waals surface area (Å²) in [4.78, 5) is 41.8. The molecule has 1 aromatic rings. The number of para-hydroxylation sites is 1. The number of nitrogens with zero attached hydrogens (tertiary/aromatic N) is 2. The molecular weight excluding hydrogens is 284 g/mol. The Morgan fingerprint density at radius 3 is 2.29 bits per heavy atom. The van der Waals surface area contributed by atoms with Crippen LogP contribution in [-0.2, 0) is 4.79 Å². The number of Topliss-reactive ketones (excluding diaryl/α,β-unsaturated/α-hetero) is 1. The number of hydrogen-bond donors (Lipinski definition) is 0. The molecule has 0 atom stereocenters. The molecular formula is C12H10N2O7. The molecule has 0 aliphatic carbocycles.